The van der Waals surface area contributed by atoms with E-state index in [0.717, 1.165) is 0 Å². The van der Waals surface area contributed by atoms with Gasteiger partial charge in [0.05, 0.1) is 0 Å². The number of rotatable bonds is 2. The van der Waals surface area contributed by atoms with Gasteiger partial charge in [-0.3, -0.25) is 0 Å². The van der Waals surface area contributed by atoms with Crippen molar-refractivity contribution in [2.24, 2.45) is 5.73 Å². The molecule has 1 aromatic rings. The van der Waals surface area contributed by atoms with E-state index in [2.05, 4.69) is 0 Å². The number of benzene rings is 1. The molecule has 0 saturated heterocycles. The van der Waals surface area contributed by atoms with E-state index in [4.69, 9.17) is 5.73 Å². The van der Waals surface area contributed by atoms with E-state index in [9.17, 15) is 9.50 Å². The van der Waals surface area contributed by atoms with E-state index in [-0.39, 0.29) is 11.8 Å². The highest BCUT2D eigenvalue weighted by Gasteiger charge is 2.13. The van der Waals surface area contributed by atoms with E-state index in [1.807, 2.05) is 6.92 Å². The molecule has 0 aliphatic rings. The Balaban J connectivity index is 3.18. The van der Waals surface area contributed by atoms with E-state index in [1.54, 1.807) is 19.1 Å². The molecule has 0 amide bonds. The first kappa shape index (κ1) is 9.99. The summed E-state index contributed by atoms with van der Waals surface area (Å²) in [7, 11) is 0. The van der Waals surface area contributed by atoms with Gasteiger partial charge in [0.25, 0.3) is 0 Å². The molecule has 3 heteroatoms. The van der Waals surface area contributed by atoms with Crippen LogP contribution in [0.25, 0.3) is 0 Å². The average Bonchev–Trinajstić information content (AvgIpc) is 2.13. The first-order chi connectivity index (χ1) is 6.07. The molecule has 0 bridgehead atoms. The summed E-state index contributed by atoms with van der Waals surface area (Å²) in [6.45, 7) is 3.50. The quantitative estimate of drug-likeness (QED) is 0.738. The maximum Gasteiger partial charge on any atom is 0.168 e. The highest BCUT2D eigenvalue weighted by Crippen LogP contribution is 2.28. The zero-order valence-electron chi connectivity index (χ0n) is 7.84. The minimum atomic E-state index is -0.568. The molecule has 13 heavy (non-hydrogen) atoms. The molecule has 0 saturated carbocycles. The minimum Gasteiger partial charge on any atom is -0.505 e. The van der Waals surface area contributed by atoms with Gasteiger partial charge in [-0.1, -0.05) is 19.1 Å². The lowest BCUT2D eigenvalue weighted by Gasteiger charge is -2.12. The summed E-state index contributed by atoms with van der Waals surface area (Å²) in [5, 5.41) is 9.42. The summed E-state index contributed by atoms with van der Waals surface area (Å²) in [5.41, 5.74) is 6.60. The summed E-state index contributed by atoms with van der Waals surface area (Å²) in [6.07, 6.45) is 0.677. The van der Waals surface area contributed by atoms with Gasteiger partial charge in [0, 0.05) is 11.6 Å². The van der Waals surface area contributed by atoms with Crippen LogP contribution < -0.4 is 5.73 Å². The molecule has 3 N–H and O–H groups in total. The Labute approximate surface area is 77.2 Å². The predicted octanol–water partition coefficient (Wildman–Crippen LogP) is 2.25. The standard InChI is InChI=1S/C10H14FNO/c1-3-8(12)7-5-4-6(2)9(11)10(7)13/h4-5,8,13H,3,12H2,1-2H3. The molecule has 0 spiro atoms. The molecule has 2 nitrogen and oxygen atoms in total. The number of phenolic OH excluding ortho intramolecular Hbond substituents is 1. The van der Waals surface area contributed by atoms with Crippen molar-refractivity contribution in [3.8, 4) is 5.75 Å². The Morgan fingerprint density at radius 3 is 2.69 bits per heavy atom. The van der Waals surface area contributed by atoms with Gasteiger partial charge in [0.2, 0.25) is 0 Å². The molecule has 0 radical (unpaired) electrons. The van der Waals surface area contributed by atoms with Crippen LogP contribution in [0.2, 0.25) is 0 Å². The second-order valence-electron chi connectivity index (χ2n) is 3.15. The van der Waals surface area contributed by atoms with Crippen LogP contribution >= 0.6 is 0 Å². The molecule has 1 unspecified atom stereocenters. The second-order valence-corrected chi connectivity index (χ2v) is 3.15. The van der Waals surface area contributed by atoms with Gasteiger partial charge in [-0.15, -0.1) is 0 Å². The third-order valence-electron chi connectivity index (χ3n) is 2.18. The van der Waals surface area contributed by atoms with Crippen LogP contribution in [0.15, 0.2) is 12.1 Å². The van der Waals surface area contributed by atoms with Gasteiger partial charge >= 0.3 is 0 Å². The van der Waals surface area contributed by atoms with Crippen LogP contribution in [0.4, 0.5) is 4.39 Å². The van der Waals surface area contributed by atoms with E-state index < -0.39 is 5.82 Å². The van der Waals surface area contributed by atoms with E-state index in [0.29, 0.717) is 17.5 Å². The molecular weight excluding hydrogens is 169 g/mol. The number of aromatic hydroxyl groups is 1. The second kappa shape index (κ2) is 3.75. The fourth-order valence-electron chi connectivity index (χ4n) is 1.20. The first-order valence-electron chi connectivity index (χ1n) is 4.31. The summed E-state index contributed by atoms with van der Waals surface area (Å²) in [6, 6.07) is 3.00. The van der Waals surface area contributed by atoms with Crippen LogP contribution in [0.3, 0.4) is 0 Å². The number of hydrogen-bond acceptors (Lipinski definition) is 2. The number of aryl methyl sites for hydroxylation is 1. The molecule has 1 rings (SSSR count). The van der Waals surface area contributed by atoms with Crippen molar-refractivity contribution in [3.63, 3.8) is 0 Å². The van der Waals surface area contributed by atoms with Gasteiger partial charge in [0.1, 0.15) is 0 Å². The Morgan fingerprint density at radius 1 is 1.54 bits per heavy atom. The van der Waals surface area contributed by atoms with Crippen molar-refractivity contribution in [1.82, 2.24) is 0 Å². The van der Waals surface area contributed by atoms with E-state index >= 15 is 0 Å². The van der Waals surface area contributed by atoms with Crippen LogP contribution in [0.1, 0.15) is 30.5 Å². The molecule has 0 aliphatic heterocycles. The maximum atomic E-state index is 13.2. The van der Waals surface area contributed by atoms with Gasteiger partial charge in [0.15, 0.2) is 11.6 Å². The normalized spacial score (nSPS) is 12.9. The highest BCUT2D eigenvalue weighted by molar-refractivity contribution is 5.39. The van der Waals surface area contributed by atoms with Gasteiger partial charge in [-0.2, -0.15) is 0 Å². The maximum absolute atomic E-state index is 13.2. The number of halogens is 1. The van der Waals surface area contributed by atoms with Crippen LogP contribution in [0.5, 0.6) is 5.75 Å². The lowest BCUT2D eigenvalue weighted by atomic mass is 10.0. The Bertz CT molecular complexity index is 312. The van der Waals surface area contributed by atoms with Gasteiger partial charge < -0.3 is 10.8 Å². The van der Waals surface area contributed by atoms with Crippen LogP contribution in [0, 0.1) is 12.7 Å². The molecule has 0 fully saturated rings. The molecular formula is C10H14FNO. The highest BCUT2D eigenvalue weighted by atomic mass is 19.1. The zero-order chi connectivity index (χ0) is 10.0. The monoisotopic (exact) mass is 183 g/mol. The first-order valence-corrected chi connectivity index (χ1v) is 4.31. The average molecular weight is 183 g/mol. The van der Waals surface area contributed by atoms with Crippen molar-refractivity contribution >= 4 is 0 Å². The van der Waals surface area contributed by atoms with E-state index in [1.165, 1.54) is 0 Å². The Morgan fingerprint density at radius 2 is 2.15 bits per heavy atom. The Kier molecular flexibility index (Phi) is 2.88. The predicted molar refractivity (Wildman–Crippen MR) is 50.0 cm³/mol. The van der Waals surface area contributed by atoms with Crippen molar-refractivity contribution in [2.45, 2.75) is 26.3 Å². The van der Waals surface area contributed by atoms with Crippen molar-refractivity contribution < 1.29 is 9.50 Å². The molecule has 0 aliphatic carbocycles. The SMILES string of the molecule is CCC(N)c1ccc(C)c(F)c1O. The fourth-order valence-corrected chi connectivity index (χ4v) is 1.20. The number of hydrogen-bond donors (Lipinski definition) is 2. The molecule has 72 valence electrons. The molecule has 1 atom stereocenters. The summed E-state index contributed by atoms with van der Waals surface area (Å²) < 4.78 is 13.2. The summed E-state index contributed by atoms with van der Waals surface area (Å²) >= 11 is 0. The lowest BCUT2D eigenvalue weighted by molar-refractivity contribution is 0.417. The van der Waals surface area contributed by atoms with Gasteiger partial charge in [-0.25, -0.2) is 4.39 Å². The fraction of sp³-hybridized carbons (Fsp3) is 0.400. The summed E-state index contributed by atoms with van der Waals surface area (Å²) in [4.78, 5) is 0. The molecule has 0 aromatic heterocycles. The topological polar surface area (TPSA) is 46.2 Å². The third kappa shape index (κ3) is 1.80. The van der Waals surface area contributed by atoms with Crippen molar-refractivity contribution in [1.29, 1.82) is 0 Å². The summed E-state index contributed by atoms with van der Waals surface area (Å²) in [5.74, 6) is -0.879. The smallest absolute Gasteiger partial charge is 0.168 e. The van der Waals surface area contributed by atoms with Gasteiger partial charge in [-0.05, 0) is 18.9 Å². The van der Waals surface area contributed by atoms with Crippen molar-refractivity contribution in [3.05, 3.63) is 29.1 Å². The van der Waals surface area contributed by atoms with Crippen LogP contribution in [-0.4, -0.2) is 5.11 Å². The minimum absolute atomic E-state index is 0.296. The Hall–Kier alpha value is -1.09. The largest absolute Gasteiger partial charge is 0.505 e. The third-order valence-corrected chi connectivity index (χ3v) is 2.18. The lowest BCUT2D eigenvalue weighted by Crippen LogP contribution is -2.09. The zero-order valence-corrected chi connectivity index (χ0v) is 7.84. The number of nitrogens with two attached hydrogens (primary N) is 1. The van der Waals surface area contributed by atoms with Crippen molar-refractivity contribution in [2.75, 3.05) is 0 Å². The molecule has 0 heterocycles. The van der Waals surface area contributed by atoms with Crippen LogP contribution in [-0.2, 0) is 0 Å². The number of phenols is 1. The molecule has 1 aromatic carbocycles.